The van der Waals surface area contributed by atoms with E-state index in [0.29, 0.717) is 37.7 Å². The van der Waals surface area contributed by atoms with Crippen LogP contribution >= 0.6 is 0 Å². The molecule has 1 fully saturated rings. The molecule has 0 spiro atoms. The number of hydrogen-bond donors (Lipinski definition) is 0. The lowest BCUT2D eigenvalue weighted by Gasteiger charge is -2.33. The van der Waals surface area contributed by atoms with Gasteiger partial charge in [0, 0.05) is 46.6 Å². The zero-order valence-electron chi connectivity index (χ0n) is 15.4. The fraction of sp³-hybridized carbons (Fsp3) is 0.526. The van der Waals surface area contributed by atoms with Gasteiger partial charge in [-0.15, -0.1) is 0 Å². The van der Waals surface area contributed by atoms with Crippen molar-refractivity contribution in [3.8, 4) is 0 Å². The maximum atomic E-state index is 12.5. The molecule has 0 unspecified atom stereocenters. The summed E-state index contributed by atoms with van der Waals surface area (Å²) in [5, 5.41) is 3.86. The minimum absolute atomic E-state index is 0.0603. The molecule has 1 aromatic heterocycles. The van der Waals surface area contributed by atoms with E-state index in [0.717, 1.165) is 19.6 Å². The first-order valence-corrected chi connectivity index (χ1v) is 9.01. The molecule has 7 heteroatoms. The maximum absolute atomic E-state index is 12.5. The topological polar surface area (TPSA) is 71.7 Å². The summed E-state index contributed by atoms with van der Waals surface area (Å²) < 4.78 is 10.8. The zero-order chi connectivity index (χ0) is 18.4. The van der Waals surface area contributed by atoms with Gasteiger partial charge >= 0.3 is 0 Å². The van der Waals surface area contributed by atoms with Gasteiger partial charge in [0.1, 0.15) is 0 Å². The van der Waals surface area contributed by atoms with Crippen LogP contribution in [0.25, 0.3) is 0 Å². The largest absolute Gasteiger partial charge is 0.375 e. The predicted molar refractivity (Wildman–Crippen MR) is 96.5 cm³/mol. The number of benzene rings is 1. The van der Waals surface area contributed by atoms with E-state index in [1.807, 2.05) is 6.07 Å². The highest BCUT2D eigenvalue weighted by Crippen LogP contribution is 2.13. The highest BCUT2D eigenvalue weighted by molar-refractivity contribution is 5.76. The third kappa shape index (κ3) is 5.37. The molecule has 0 aliphatic carbocycles. The predicted octanol–water partition coefficient (Wildman–Crippen LogP) is 1.67. The lowest BCUT2D eigenvalue weighted by atomic mass is 10.1. The van der Waals surface area contributed by atoms with Crippen molar-refractivity contribution in [3.63, 3.8) is 0 Å². The quantitative estimate of drug-likeness (QED) is 0.750. The van der Waals surface area contributed by atoms with Gasteiger partial charge in [-0.3, -0.25) is 9.69 Å². The third-order valence-electron chi connectivity index (χ3n) is 4.54. The van der Waals surface area contributed by atoms with Crippen LogP contribution in [-0.2, 0) is 22.5 Å². The first-order valence-electron chi connectivity index (χ1n) is 9.01. The molecule has 1 aliphatic heterocycles. The van der Waals surface area contributed by atoms with Crippen LogP contribution in [0.4, 0.5) is 0 Å². The summed E-state index contributed by atoms with van der Waals surface area (Å²) in [6, 6.07) is 10.4. The number of morpholine rings is 1. The van der Waals surface area contributed by atoms with Gasteiger partial charge in [-0.1, -0.05) is 35.5 Å². The molecule has 0 bridgehead atoms. The number of carbonyl (C=O) groups excluding carboxylic acids is 1. The van der Waals surface area contributed by atoms with E-state index in [-0.39, 0.29) is 12.0 Å². The van der Waals surface area contributed by atoms with Gasteiger partial charge in [0.25, 0.3) is 0 Å². The summed E-state index contributed by atoms with van der Waals surface area (Å²) >= 11 is 0. The summed E-state index contributed by atoms with van der Waals surface area (Å²) in [5.74, 6) is 1.25. The molecule has 1 saturated heterocycles. The van der Waals surface area contributed by atoms with Crippen molar-refractivity contribution in [2.24, 2.45) is 0 Å². The van der Waals surface area contributed by atoms with Gasteiger partial charge in [0.2, 0.25) is 11.8 Å². The Morgan fingerprint density at radius 3 is 2.88 bits per heavy atom. The van der Waals surface area contributed by atoms with E-state index in [1.165, 1.54) is 5.56 Å². The Morgan fingerprint density at radius 1 is 1.35 bits per heavy atom. The van der Waals surface area contributed by atoms with Crippen molar-refractivity contribution in [1.29, 1.82) is 0 Å². The lowest BCUT2D eigenvalue weighted by molar-refractivity contribution is -0.135. The average molecular weight is 358 g/mol. The van der Waals surface area contributed by atoms with Gasteiger partial charge in [0.15, 0.2) is 5.82 Å². The number of nitrogens with zero attached hydrogens (tertiary/aromatic N) is 4. The Hall–Kier alpha value is -2.25. The monoisotopic (exact) mass is 358 g/mol. The lowest BCUT2D eigenvalue weighted by Crippen LogP contribution is -2.44. The van der Waals surface area contributed by atoms with Crippen LogP contribution in [0.15, 0.2) is 34.9 Å². The van der Waals surface area contributed by atoms with Crippen molar-refractivity contribution in [1.82, 2.24) is 19.9 Å². The van der Waals surface area contributed by atoms with Crippen LogP contribution in [0.1, 0.15) is 23.7 Å². The minimum Gasteiger partial charge on any atom is -0.375 e. The SMILES string of the molecule is Cc1nc(CCN(C)C(=O)C[C@H]2CN(Cc3ccccc3)CCO2)no1. The fourth-order valence-electron chi connectivity index (χ4n) is 3.08. The van der Waals surface area contributed by atoms with Crippen LogP contribution in [0, 0.1) is 6.92 Å². The van der Waals surface area contributed by atoms with Gasteiger partial charge in [-0.2, -0.15) is 4.98 Å². The van der Waals surface area contributed by atoms with E-state index in [4.69, 9.17) is 9.26 Å². The first-order chi connectivity index (χ1) is 12.6. The molecular weight excluding hydrogens is 332 g/mol. The van der Waals surface area contributed by atoms with Gasteiger partial charge < -0.3 is 14.2 Å². The first kappa shape index (κ1) is 18.5. The van der Waals surface area contributed by atoms with Crippen molar-refractivity contribution >= 4 is 5.91 Å². The highest BCUT2D eigenvalue weighted by Gasteiger charge is 2.24. The minimum atomic E-state index is -0.0603. The molecule has 0 N–H and O–H groups in total. The normalized spacial score (nSPS) is 18.0. The number of amides is 1. The number of rotatable bonds is 7. The number of hydrogen-bond acceptors (Lipinski definition) is 6. The summed E-state index contributed by atoms with van der Waals surface area (Å²) in [7, 11) is 1.81. The molecule has 1 aliphatic rings. The van der Waals surface area contributed by atoms with Crippen molar-refractivity contribution < 1.29 is 14.1 Å². The maximum Gasteiger partial charge on any atom is 0.224 e. The molecule has 2 aromatic rings. The van der Waals surface area contributed by atoms with Crippen LogP contribution < -0.4 is 0 Å². The van der Waals surface area contributed by atoms with Gasteiger partial charge in [-0.05, 0) is 5.56 Å². The molecule has 140 valence electrons. The second-order valence-corrected chi connectivity index (χ2v) is 6.71. The molecule has 0 saturated carbocycles. The molecule has 7 nitrogen and oxygen atoms in total. The summed E-state index contributed by atoms with van der Waals surface area (Å²) in [6.45, 7) is 5.55. The fourth-order valence-corrected chi connectivity index (χ4v) is 3.08. The van der Waals surface area contributed by atoms with Crippen LogP contribution in [0.5, 0.6) is 0 Å². The average Bonchev–Trinajstić information content (AvgIpc) is 3.06. The Balaban J connectivity index is 1.44. The van der Waals surface area contributed by atoms with E-state index in [9.17, 15) is 4.79 Å². The van der Waals surface area contributed by atoms with Gasteiger partial charge in [0.05, 0.1) is 19.1 Å². The number of aromatic nitrogens is 2. The van der Waals surface area contributed by atoms with E-state index >= 15 is 0 Å². The summed E-state index contributed by atoms with van der Waals surface area (Å²) in [6.07, 6.45) is 0.924. The zero-order valence-corrected chi connectivity index (χ0v) is 15.4. The molecule has 3 rings (SSSR count). The van der Waals surface area contributed by atoms with Crippen LogP contribution in [0.3, 0.4) is 0 Å². The molecule has 26 heavy (non-hydrogen) atoms. The van der Waals surface area contributed by atoms with Crippen molar-refractivity contribution in [3.05, 3.63) is 47.6 Å². The van der Waals surface area contributed by atoms with Crippen molar-refractivity contribution in [2.75, 3.05) is 33.3 Å². The van der Waals surface area contributed by atoms with Crippen molar-refractivity contribution in [2.45, 2.75) is 32.4 Å². The third-order valence-corrected chi connectivity index (χ3v) is 4.54. The number of aryl methyl sites for hydroxylation is 1. The Bertz CT molecular complexity index is 704. The molecule has 1 atom stereocenters. The highest BCUT2D eigenvalue weighted by atomic mass is 16.5. The molecule has 1 amide bonds. The molecule has 2 heterocycles. The van der Waals surface area contributed by atoms with E-state index < -0.39 is 0 Å². The van der Waals surface area contributed by atoms with E-state index in [2.05, 4.69) is 39.3 Å². The number of likely N-dealkylation sites (N-methyl/N-ethyl adjacent to an activating group) is 1. The smallest absolute Gasteiger partial charge is 0.224 e. The molecule has 0 radical (unpaired) electrons. The van der Waals surface area contributed by atoms with Crippen LogP contribution in [0.2, 0.25) is 0 Å². The Labute approximate surface area is 153 Å². The summed E-state index contributed by atoms with van der Waals surface area (Å²) in [5.41, 5.74) is 1.28. The number of carbonyl (C=O) groups is 1. The van der Waals surface area contributed by atoms with Crippen LogP contribution in [-0.4, -0.2) is 65.2 Å². The summed E-state index contributed by atoms with van der Waals surface area (Å²) in [4.78, 5) is 20.7. The number of ether oxygens (including phenoxy) is 1. The molecular formula is C19H26N4O3. The Morgan fingerprint density at radius 2 is 2.15 bits per heavy atom. The van der Waals surface area contributed by atoms with Gasteiger partial charge in [-0.25, -0.2) is 0 Å². The molecule has 1 aromatic carbocycles. The second kappa shape index (κ2) is 8.91. The second-order valence-electron chi connectivity index (χ2n) is 6.71. The Kier molecular flexibility index (Phi) is 6.35. The standard InChI is InChI=1S/C19H26N4O3/c1-15-20-18(21-26-15)8-9-22(2)19(24)12-17-14-23(10-11-25-17)13-16-6-4-3-5-7-16/h3-7,17H,8-14H2,1-2H3/t17-/m0/s1. The van der Waals surface area contributed by atoms with E-state index in [1.54, 1.807) is 18.9 Å².